The van der Waals surface area contributed by atoms with E-state index in [1.54, 1.807) is 23.5 Å². The number of nitrogens with zero attached hydrogens (tertiary/aromatic N) is 1. The molecule has 18 heavy (non-hydrogen) atoms. The van der Waals surface area contributed by atoms with Gasteiger partial charge in [-0.25, -0.2) is 10.2 Å². The van der Waals surface area contributed by atoms with Crippen LogP contribution in [0.4, 0.5) is 11.6 Å². The molecule has 0 spiro atoms. The zero-order valence-electron chi connectivity index (χ0n) is 9.60. The molecule has 0 saturated carbocycles. The minimum atomic E-state index is 0.332. The predicted molar refractivity (Wildman–Crippen MR) is 71.7 cm³/mol. The van der Waals surface area contributed by atoms with E-state index in [4.69, 9.17) is 5.26 Å². The molecule has 3 rings (SSSR count). The second-order valence-electron chi connectivity index (χ2n) is 3.92. The summed E-state index contributed by atoms with van der Waals surface area (Å²) >= 11 is 1.63. The van der Waals surface area contributed by atoms with Crippen LogP contribution < -0.4 is 10.2 Å². The lowest BCUT2D eigenvalue weighted by molar-refractivity contribution is -0.136. The molecule has 2 aromatic heterocycles. The smallest absolute Gasteiger partial charge is 0.205 e. The molecule has 0 atom stereocenters. The normalized spacial score (nSPS) is 10.8. The molecule has 6 heteroatoms. The second kappa shape index (κ2) is 4.32. The first-order chi connectivity index (χ1) is 8.78. The summed E-state index contributed by atoms with van der Waals surface area (Å²) in [4.78, 5) is 11.8. The van der Waals surface area contributed by atoms with Crippen LogP contribution in [0.25, 0.3) is 11.0 Å². The van der Waals surface area contributed by atoms with Crippen LogP contribution in [0.5, 0.6) is 5.75 Å². The van der Waals surface area contributed by atoms with Gasteiger partial charge in [0.05, 0.1) is 11.2 Å². The highest BCUT2D eigenvalue weighted by Crippen LogP contribution is 2.27. The zero-order chi connectivity index (χ0) is 12.5. The number of benzene rings is 1. The van der Waals surface area contributed by atoms with Gasteiger partial charge >= 0.3 is 0 Å². The van der Waals surface area contributed by atoms with Gasteiger partial charge in [0.2, 0.25) is 5.95 Å². The predicted octanol–water partition coefficient (Wildman–Crippen LogP) is 3.53. The standard InChI is InChI=1S/C12H11N3O2S/c1-7-5-18-6-9(7)14-12-13-8-3-2-4-10(17-16)11(8)15-12/h2-6,16H,1H3,(H2,13,14,15). The number of thiophene rings is 1. The molecule has 5 nitrogen and oxygen atoms in total. The number of anilines is 2. The van der Waals surface area contributed by atoms with Crippen molar-refractivity contribution in [2.24, 2.45) is 0 Å². The maximum absolute atomic E-state index is 8.77. The van der Waals surface area contributed by atoms with Crippen LogP contribution in [0.15, 0.2) is 29.0 Å². The lowest BCUT2D eigenvalue weighted by atomic mass is 10.3. The van der Waals surface area contributed by atoms with Crippen molar-refractivity contribution in [2.75, 3.05) is 5.32 Å². The van der Waals surface area contributed by atoms with Gasteiger partial charge in [0, 0.05) is 5.38 Å². The molecule has 1 aromatic carbocycles. The summed E-state index contributed by atoms with van der Waals surface area (Å²) in [7, 11) is 0. The number of fused-ring (bicyclic) bond motifs is 1. The Hall–Kier alpha value is -2.05. The van der Waals surface area contributed by atoms with Crippen LogP contribution in [0.1, 0.15) is 5.56 Å². The first-order valence-corrected chi connectivity index (χ1v) is 6.32. The van der Waals surface area contributed by atoms with Gasteiger partial charge in [-0.15, -0.1) is 11.3 Å². The van der Waals surface area contributed by atoms with Gasteiger partial charge in [-0.05, 0) is 30.0 Å². The first kappa shape index (κ1) is 11.1. The molecule has 0 aliphatic rings. The van der Waals surface area contributed by atoms with Crippen LogP contribution in [0.3, 0.4) is 0 Å². The number of aromatic nitrogens is 2. The molecule has 0 bridgehead atoms. The van der Waals surface area contributed by atoms with E-state index in [1.165, 1.54) is 5.56 Å². The SMILES string of the molecule is Cc1cscc1Nc1nc2c(OO)cccc2[nH]1. The Morgan fingerprint density at radius 3 is 3.00 bits per heavy atom. The van der Waals surface area contributed by atoms with E-state index in [0.29, 0.717) is 17.2 Å². The summed E-state index contributed by atoms with van der Waals surface area (Å²) in [5.41, 5.74) is 3.58. The third-order valence-electron chi connectivity index (χ3n) is 2.68. The zero-order valence-corrected chi connectivity index (χ0v) is 10.4. The largest absolute Gasteiger partial charge is 0.338 e. The number of hydrogen-bond donors (Lipinski definition) is 3. The maximum atomic E-state index is 8.77. The van der Waals surface area contributed by atoms with Gasteiger partial charge in [0.25, 0.3) is 0 Å². The highest BCUT2D eigenvalue weighted by Gasteiger charge is 2.09. The topological polar surface area (TPSA) is 70.2 Å². The Balaban J connectivity index is 2.01. The van der Waals surface area contributed by atoms with Crippen LogP contribution in [0.2, 0.25) is 0 Å². The number of hydrogen-bond acceptors (Lipinski definition) is 5. The minimum absolute atomic E-state index is 0.332. The average molecular weight is 261 g/mol. The number of H-pyrrole nitrogens is 1. The molecule has 0 aliphatic heterocycles. The van der Waals surface area contributed by atoms with Crippen molar-refractivity contribution in [3.8, 4) is 5.75 Å². The average Bonchev–Trinajstić information content (AvgIpc) is 2.95. The fraction of sp³-hybridized carbons (Fsp3) is 0.0833. The Morgan fingerprint density at radius 1 is 1.39 bits per heavy atom. The number of aromatic amines is 1. The maximum Gasteiger partial charge on any atom is 0.205 e. The summed E-state index contributed by atoms with van der Waals surface area (Å²) in [5, 5.41) is 16.1. The van der Waals surface area contributed by atoms with Gasteiger partial charge in [0.15, 0.2) is 5.75 Å². The molecule has 0 saturated heterocycles. The molecule has 0 radical (unpaired) electrons. The van der Waals surface area contributed by atoms with Crippen molar-refractivity contribution in [1.82, 2.24) is 9.97 Å². The lowest BCUT2D eigenvalue weighted by Gasteiger charge is -1.99. The lowest BCUT2D eigenvalue weighted by Crippen LogP contribution is -1.91. The van der Waals surface area contributed by atoms with Crippen molar-refractivity contribution in [3.05, 3.63) is 34.5 Å². The quantitative estimate of drug-likeness (QED) is 0.498. The van der Waals surface area contributed by atoms with Crippen LogP contribution in [-0.4, -0.2) is 15.2 Å². The minimum Gasteiger partial charge on any atom is -0.338 e. The summed E-state index contributed by atoms with van der Waals surface area (Å²) in [6.45, 7) is 2.03. The van der Waals surface area contributed by atoms with Gasteiger partial charge < -0.3 is 15.2 Å². The molecular weight excluding hydrogens is 250 g/mol. The van der Waals surface area contributed by atoms with Crippen molar-refractivity contribution >= 4 is 34.0 Å². The Morgan fingerprint density at radius 2 is 2.28 bits per heavy atom. The number of imidazole rings is 1. The molecule has 92 valence electrons. The van der Waals surface area contributed by atoms with Crippen molar-refractivity contribution in [2.45, 2.75) is 6.92 Å². The van der Waals surface area contributed by atoms with E-state index < -0.39 is 0 Å². The highest BCUT2D eigenvalue weighted by molar-refractivity contribution is 7.08. The van der Waals surface area contributed by atoms with Crippen LogP contribution >= 0.6 is 11.3 Å². The summed E-state index contributed by atoms with van der Waals surface area (Å²) in [5.74, 6) is 0.954. The molecule has 3 N–H and O–H groups in total. The third-order valence-corrected chi connectivity index (χ3v) is 3.54. The van der Waals surface area contributed by atoms with Gasteiger partial charge in [-0.3, -0.25) is 0 Å². The summed E-state index contributed by atoms with van der Waals surface area (Å²) < 4.78 is 0. The van der Waals surface area contributed by atoms with Crippen LogP contribution in [-0.2, 0) is 0 Å². The van der Waals surface area contributed by atoms with E-state index in [1.807, 2.05) is 18.4 Å². The van der Waals surface area contributed by atoms with E-state index in [-0.39, 0.29) is 0 Å². The fourth-order valence-corrected chi connectivity index (χ4v) is 2.53. The molecule has 0 amide bonds. The fourth-order valence-electron chi connectivity index (χ4n) is 1.75. The molecular formula is C12H11N3O2S. The van der Waals surface area contributed by atoms with Crippen LogP contribution in [0, 0.1) is 6.92 Å². The highest BCUT2D eigenvalue weighted by atomic mass is 32.1. The molecule has 0 unspecified atom stereocenters. The van der Waals surface area contributed by atoms with E-state index in [2.05, 4.69) is 25.6 Å². The van der Waals surface area contributed by atoms with Crippen molar-refractivity contribution in [1.29, 1.82) is 0 Å². The van der Waals surface area contributed by atoms with Gasteiger partial charge in [-0.2, -0.15) is 0 Å². The Labute approximate surface area is 107 Å². The van der Waals surface area contributed by atoms with Gasteiger partial charge in [-0.1, -0.05) is 6.07 Å². The Bertz CT molecular complexity index is 690. The molecule has 3 aromatic rings. The van der Waals surface area contributed by atoms with E-state index >= 15 is 0 Å². The van der Waals surface area contributed by atoms with E-state index in [0.717, 1.165) is 11.2 Å². The van der Waals surface area contributed by atoms with Crippen molar-refractivity contribution < 1.29 is 10.1 Å². The Kier molecular flexibility index (Phi) is 2.66. The third kappa shape index (κ3) is 1.81. The van der Waals surface area contributed by atoms with Gasteiger partial charge in [0.1, 0.15) is 5.52 Å². The molecule has 0 fully saturated rings. The number of rotatable bonds is 3. The second-order valence-corrected chi connectivity index (χ2v) is 4.67. The summed E-state index contributed by atoms with van der Waals surface area (Å²) in [6, 6.07) is 5.31. The number of para-hydroxylation sites is 1. The van der Waals surface area contributed by atoms with Crippen molar-refractivity contribution in [3.63, 3.8) is 0 Å². The molecule has 0 aliphatic carbocycles. The van der Waals surface area contributed by atoms with E-state index in [9.17, 15) is 0 Å². The number of nitrogens with one attached hydrogen (secondary N) is 2. The molecule has 2 heterocycles. The summed E-state index contributed by atoms with van der Waals surface area (Å²) in [6.07, 6.45) is 0. The monoisotopic (exact) mass is 261 g/mol. The first-order valence-electron chi connectivity index (χ1n) is 5.38. The number of aryl methyl sites for hydroxylation is 1.